The molecule has 0 bridgehead atoms. The summed E-state index contributed by atoms with van der Waals surface area (Å²) in [4.78, 5) is 11.2. The number of carbonyl (C=O) groups is 1. The fourth-order valence-corrected chi connectivity index (χ4v) is 1.09. The van der Waals surface area contributed by atoms with Crippen molar-refractivity contribution in [2.75, 3.05) is 13.2 Å². The van der Waals surface area contributed by atoms with E-state index < -0.39 is 0 Å². The lowest BCUT2D eigenvalue weighted by Gasteiger charge is -2.06. The Morgan fingerprint density at radius 2 is 2.14 bits per heavy atom. The molecule has 0 aliphatic rings. The van der Waals surface area contributed by atoms with Gasteiger partial charge in [0, 0.05) is 25.6 Å². The molecule has 0 aromatic carbocycles. The lowest BCUT2D eigenvalue weighted by atomic mass is 10.2. The van der Waals surface area contributed by atoms with E-state index in [-0.39, 0.29) is 18.6 Å². The first-order valence-electron chi connectivity index (χ1n) is 5.30. The van der Waals surface area contributed by atoms with Crippen molar-refractivity contribution in [1.82, 2.24) is 5.32 Å². The van der Waals surface area contributed by atoms with Gasteiger partial charge in [-0.15, -0.1) is 0 Å². The molecule has 0 radical (unpaired) electrons. The minimum Gasteiger partial charge on any atom is -0.396 e. The van der Waals surface area contributed by atoms with E-state index in [2.05, 4.69) is 5.32 Å². The van der Waals surface area contributed by atoms with Crippen molar-refractivity contribution in [3.8, 4) is 0 Å². The van der Waals surface area contributed by atoms with Gasteiger partial charge in [-0.3, -0.25) is 4.79 Å². The smallest absolute Gasteiger partial charge is 0.220 e. The Bertz CT molecular complexity index is 149. The number of aliphatic hydroxyl groups excluding tert-OH is 1. The highest BCUT2D eigenvalue weighted by Gasteiger charge is 2.01. The van der Waals surface area contributed by atoms with E-state index in [1.807, 2.05) is 6.92 Å². The molecule has 4 heteroatoms. The molecule has 4 N–H and O–H groups in total. The lowest BCUT2D eigenvalue weighted by molar-refractivity contribution is -0.121. The van der Waals surface area contributed by atoms with Gasteiger partial charge in [0.2, 0.25) is 5.91 Å². The number of hydrogen-bond acceptors (Lipinski definition) is 3. The molecule has 0 heterocycles. The van der Waals surface area contributed by atoms with Gasteiger partial charge >= 0.3 is 0 Å². The van der Waals surface area contributed by atoms with E-state index in [9.17, 15) is 4.79 Å². The molecular formula is C10H22N2O2. The van der Waals surface area contributed by atoms with Gasteiger partial charge in [-0.05, 0) is 32.6 Å². The summed E-state index contributed by atoms with van der Waals surface area (Å²) in [7, 11) is 0. The molecule has 0 aromatic rings. The van der Waals surface area contributed by atoms with E-state index in [0.29, 0.717) is 13.0 Å². The third kappa shape index (κ3) is 9.48. The molecule has 1 unspecified atom stereocenters. The fourth-order valence-electron chi connectivity index (χ4n) is 1.09. The molecule has 0 rings (SSSR count). The average Bonchev–Trinajstić information content (AvgIpc) is 2.14. The van der Waals surface area contributed by atoms with Crippen LogP contribution in [-0.2, 0) is 4.79 Å². The monoisotopic (exact) mass is 202 g/mol. The van der Waals surface area contributed by atoms with Crippen molar-refractivity contribution in [2.24, 2.45) is 5.73 Å². The van der Waals surface area contributed by atoms with Crippen LogP contribution in [-0.4, -0.2) is 30.2 Å². The van der Waals surface area contributed by atoms with Crippen molar-refractivity contribution in [3.05, 3.63) is 0 Å². The predicted octanol–water partition coefficient (Wildman–Crippen LogP) is 0.393. The van der Waals surface area contributed by atoms with Gasteiger partial charge in [0.15, 0.2) is 0 Å². The van der Waals surface area contributed by atoms with Crippen LogP contribution in [0.1, 0.15) is 39.0 Å². The van der Waals surface area contributed by atoms with Gasteiger partial charge in [-0.2, -0.15) is 0 Å². The number of nitrogens with two attached hydrogens (primary N) is 1. The molecule has 1 amide bonds. The molecule has 4 nitrogen and oxygen atoms in total. The first-order valence-corrected chi connectivity index (χ1v) is 5.30. The van der Waals surface area contributed by atoms with Gasteiger partial charge in [0.05, 0.1) is 0 Å². The Labute approximate surface area is 85.9 Å². The Kier molecular flexibility index (Phi) is 8.57. The maximum atomic E-state index is 11.2. The molecule has 1 atom stereocenters. The highest BCUT2D eigenvalue weighted by atomic mass is 16.2. The SMILES string of the molecule is CC(N)CCC(=O)NCCCCCO. The number of aliphatic hydroxyl groups is 1. The largest absolute Gasteiger partial charge is 0.396 e. The maximum absolute atomic E-state index is 11.2. The third-order valence-electron chi connectivity index (χ3n) is 1.98. The fraction of sp³-hybridized carbons (Fsp3) is 0.900. The maximum Gasteiger partial charge on any atom is 0.220 e. The molecule has 0 aromatic heterocycles. The molecule has 84 valence electrons. The Balaban J connectivity index is 3.18. The topological polar surface area (TPSA) is 75.4 Å². The molecule has 0 saturated heterocycles. The second kappa shape index (κ2) is 8.97. The summed E-state index contributed by atoms with van der Waals surface area (Å²) in [5.41, 5.74) is 5.53. The zero-order valence-corrected chi connectivity index (χ0v) is 8.96. The lowest BCUT2D eigenvalue weighted by Crippen LogP contribution is -2.26. The van der Waals surface area contributed by atoms with Gasteiger partial charge in [-0.25, -0.2) is 0 Å². The summed E-state index contributed by atoms with van der Waals surface area (Å²) in [5, 5.41) is 11.3. The molecular weight excluding hydrogens is 180 g/mol. The molecule has 0 aliphatic heterocycles. The highest BCUT2D eigenvalue weighted by Crippen LogP contribution is 1.95. The number of unbranched alkanes of at least 4 members (excludes halogenated alkanes) is 2. The van der Waals surface area contributed by atoms with E-state index in [0.717, 1.165) is 25.7 Å². The quantitative estimate of drug-likeness (QED) is 0.498. The Morgan fingerprint density at radius 3 is 2.71 bits per heavy atom. The Morgan fingerprint density at radius 1 is 1.43 bits per heavy atom. The number of nitrogens with one attached hydrogen (secondary N) is 1. The van der Waals surface area contributed by atoms with Crippen molar-refractivity contribution in [3.63, 3.8) is 0 Å². The average molecular weight is 202 g/mol. The summed E-state index contributed by atoms with van der Waals surface area (Å²) in [6, 6.07) is 0.0927. The van der Waals surface area contributed by atoms with E-state index in [4.69, 9.17) is 10.8 Å². The normalized spacial score (nSPS) is 12.5. The second-order valence-corrected chi connectivity index (χ2v) is 3.65. The van der Waals surface area contributed by atoms with Gasteiger partial charge < -0.3 is 16.2 Å². The zero-order valence-electron chi connectivity index (χ0n) is 8.96. The van der Waals surface area contributed by atoms with E-state index in [1.165, 1.54) is 0 Å². The van der Waals surface area contributed by atoms with Crippen LogP contribution in [0.3, 0.4) is 0 Å². The molecule has 0 spiro atoms. The number of rotatable bonds is 8. The third-order valence-corrected chi connectivity index (χ3v) is 1.98. The van der Waals surface area contributed by atoms with Crippen molar-refractivity contribution < 1.29 is 9.90 Å². The highest BCUT2D eigenvalue weighted by molar-refractivity contribution is 5.75. The van der Waals surface area contributed by atoms with E-state index in [1.54, 1.807) is 0 Å². The number of carbonyl (C=O) groups excluding carboxylic acids is 1. The summed E-state index contributed by atoms with van der Waals surface area (Å²) in [5.74, 6) is 0.0753. The van der Waals surface area contributed by atoms with Crippen LogP contribution >= 0.6 is 0 Å². The molecule has 0 saturated carbocycles. The summed E-state index contributed by atoms with van der Waals surface area (Å²) in [6.07, 6.45) is 3.96. The van der Waals surface area contributed by atoms with Gasteiger partial charge in [0.1, 0.15) is 0 Å². The van der Waals surface area contributed by atoms with Crippen molar-refractivity contribution in [2.45, 2.75) is 45.1 Å². The minimum absolute atomic E-state index is 0.0753. The van der Waals surface area contributed by atoms with Crippen LogP contribution in [0.4, 0.5) is 0 Å². The minimum atomic E-state index is 0.0753. The zero-order chi connectivity index (χ0) is 10.8. The number of amides is 1. The van der Waals surface area contributed by atoms with Crippen LogP contribution in [0.25, 0.3) is 0 Å². The molecule has 0 aliphatic carbocycles. The van der Waals surface area contributed by atoms with Crippen LogP contribution < -0.4 is 11.1 Å². The summed E-state index contributed by atoms with van der Waals surface area (Å²) >= 11 is 0. The van der Waals surface area contributed by atoms with Crippen LogP contribution in [0.2, 0.25) is 0 Å². The van der Waals surface area contributed by atoms with Gasteiger partial charge in [-0.1, -0.05) is 0 Å². The summed E-state index contributed by atoms with van der Waals surface area (Å²) < 4.78 is 0. The van der Waals surface area contributed by atoms with Crippen molar-refractivity contribution in [1.29, 1.82) is 0 Å². The standard InChI is InChI=1S/C10H22N2O2/c1-9(11)5-6-10(14)12-7-3-2-4-8-13/h9,13H,2-8,11H2,1H3,(H,12,14). The van der Waals surface area contributed by atoms with Gasteiger partial charge in [0.25, 0.3) is 0 Å². The summed E-state index contributed by atoms with van der Waals surface area (Å²) in [6.45, 7) is 2.84. The first-order chi connectivity index (χ1) is 6.66. The Hall–Kier alpha value is -0.610. The van der Waals surface area contributed by atoms with E-state index >= 15 is 0 Å². The van der Waals surface area contributed by atoms with Crippen molar-refractivity contribution >= 4 is 5.91 Å². The van der Waals surface area contributed by atoms with Crippen LogP contribution in [0, 0.1) is 0 Å². The van der Waals surface area contributed by atoms with Crippen LogP contribution in [0.5, 0.6) is 0 Å². The number of hydrogen-bond donors (Lipinski definition) is 3. The predicted molar refractivity (Wildman–Crippen MR) is 56.8 cm³/mol. The second-order valence-electron chi connectivity index (χ2n) is 3.65. The van der Waals surface area contributed by atoms with Crippen LogP contribution in [0.15, 0.2) is 0 Å². The molecule has 0 fully saturated rings. The first kappa shape index (κ1) is 13.4. The molecule has 14 heavy (non-hydrogen) atoms.